The van der Waals surface area contributed by atoms with Crippen molar-refractivity contribution in [3.05, 3.63) is 71.6 Å². The molecule has 0 radical (unpaired) electrons. The molecule has 32 heavy (non-hydrogen) atoms. The molecule has 1 aromatic heterocycles. The summed E-state index contributed by atoms with van der Waals surface area (Å²) in [7, 11) is 0. The molecule has 1 aliphatic heterocycles. The number of amides is 2. The minimum Gasteiger partial charge on any atom is -0.352 e. The Morgan fingerprint density at radius 1 is 1.00 bits per heavy atom. The van der Waals surface area contributed by atoms with E-state index in [1.807, 2.05) is 54.3 Å². The second kappa shape index (κ2) is 10.2. The number of hydrogen-bond acceptors (Lipinski definition) is 6. The van der Waals surface area contributed by atoms with Gasteiger partial charge in [-0.15, -0.1) is 0 Å². The molecule has 4 rings (SSSR count). The van der Waals surface area contributed by atoms with Gasteiger partial charge in [-0.25, -0.2) is 0 Å². The molecule has 0 atom stereocenters. The number of carbonyl (C=O) groups excluding carboxylic acids is 2. The molecule has 2 aromatic carbocycles. The molecule has 3 aromatic rings. The summed E-state index contributed by atoms with van der Waals surface area (Å²) in [6, 6.07) is 17.0. The maximum atomic E-state index is 12.5. The van der Waals surface area contributed by atoms with Crippen molar-refractivity contribution in [3.63, 3.8) is 0 Å². The zero-order chi connectivity index (χ0) is 22.3. The smallest absolute Gasteiger partial charge is 0.251 e. The van der Waals surface area contributed by atoms with Gasteiger partial charge < -0.3 is 14.7 Å². The van der Waals surface area contributed by atoms with Gasteiger partial charge in [0.25, 0.3) is 5.91 Å². The lowest BCUT2D eigenvalue weighted by molar-refractivity contribution is -0.132. The van der Waals surface area contributed by atoms with Gasteiger partial charge in [-0.3, -0.25) is 14.5 Å². The van der Waals surface area contributed by atoms with E-state index in [-0.39, 0.29) is 11.8 Å². The van der Waals surface area contributed by atoms with Crippen LogP contribution in [0.1, 0.15) is 28.2 Å². The summed E-state index contributed by atoms with van der Waals surface area (Å²) >= 11 is 0. The quantitative estimate of drug-likeness (QED) is 0.616. The molecular weight excluding hydrogens is 406 g/mol. The summed E-state index contributed by atoms with van der Waals surface area (Å²) in [5.41, 5.74) is 2.67. The predicted octanol–water partition coefficient (Wildman–Crippen LogP) is 2.51. The molecule has 0 spiro atoms. The minimum absolute atomic E-state index is 0.0534. The van der Waals surface area contributed by atoms with E-state index in [2.05, 4.69) is 20.4 Å². The van der Waals surface area contributed by atoms with E-state index in [0.29, 0.717) is 49.9 Å². The number of piperazine rings is 1. The SMILES string of the molecule is Cc1ccccc1-c1noc(CN2CCN(C(=O)CCNC(=O)c3ccccc3)CC2)n1. The summed E-state index contributed by atoms with van der Waals surface area (Å²) < 4.78 is 5.44. The van der Waals surface area contributed by atoms with Crippen LogP contribution in [-0.2, 0) is 11.3 Å². The Labute approximate surface area is 187 Å². The summed E-state index contributed by atoms with van der Waals surface area (Å²) in [5, 5.41) is 6.92. The molecule has 8 heteroatoms. The van der Waals surface area contributed by atoms with E-state index < -0.39 is 0 Å². The van der Waals surface area contributed by atoms with Crippen LogP contribution in [0.2, 0.25) is 0 Å². The fraction of sp³-hybridized carbons (Fsp3) is 0.333. The van der Waals surface area contributed by atoms with Crippen molar-refractivity contribution in [1.82, 2.24) is 25.3 Å². The summed E-state index contributed by atoms with van der Waals surface area (Å²) in [5.74, 6) is 1.07. The molecule has 1 aliphatic rings. The van der Waals surface area contributed by atoms with Gasteiger partial charge >= 0.3 is 0 Å². The molecule has 0 unspecified atom stereocenters. The average Bonchev–Trinajstić information content (AvgIpc) is 3.28. The molecule has 1 fully saturated rings. The van der Waals surface area contributed by atoms with Crippen LogP contribution in [0.5, 0.6) is 0 Å². The maximum absolute atomic E-state index is 12.5. The van der Waals surface area contributed by atoms with Crippen LogP contribution in [0.3, 0.4) is 0 Å². The number of carbonyl (C=O) groups is 2. The first-order valence-electron chi connectivity index (χ1n) is 10.8. The molecule has 0 aliphatic carbocycles. The fourth-order valence-electron chi connectivity index (χ4n) is 3.73. The third-order valence-electron chi connectivity index (χ3n) is 5.60. The zero-order valence-electron chi connectivity index (χ0n) is 18.2. The van der Waals surface area contributed by atoms with Crippen molar-refractivity contribution in [3.8, 4) is 11.4 Å². The first-order valence-corrected chi connectivity index (χ1v) is 10.8. The van der Waals surface area contributed by atoms with Crippen LogP contribution in [-0.4, -0.2) is 64.5 Å². The van der Waals surface area contributed by atoms with Crippen molar-refractivity contribution in [1.29, 1.82) is 0 Å². The van der Waals surface area contributed by atoms with Crippen molar-refractivity contribution < 1.29 is 14.1 Å². The largest absolute Gasteiger partial charge is 0.352 e. The number of hydrogen-bond donors (Lipinski definition) is 1. The Kier molecular flexibility index (Phi) is 6.91. The Balaban J connectivity index is 1.20. The number of rotatable bonds is 7. The summed E-state index contributed by atoms with van der Waals surface area (Å²) in [6.07, 6.45) is 0.294. The highest BCUT2D eigenvalue weighted by molar-refractivity contribution is 5.94. The summed E-state index contributed by atoms with van der Waals surface area (Å²) in [6.45, 7) is 5.68. The highest BCUT2D eigenvalue weighted by Crippen LogP contribution is 2.20. The Bertz CT molecular complexity index is 1060. The van der Waals surface area contributed by atoms with Gasteiger partial charge in [0.15, 0.2) is 0 Å². The first kappa shape index (κ1) is 21.7. The van der Waals surface area contributed by atoms with E-state index in [4.69, 9.17) is 4.52 Å². The van der Waals surface area contributed by atoms with Gasteiger partial charge in [-0.2, -0.15) is 4.98 Å². The predicted molar refractivity (Wildman–Crippen MR) is 120 cm³/mol. The minimum atomic E-state index is -0.159. The number of nitrogens with one attached hydrogen (secondary N) is 1. The van der Waals surface area contributed by atoms with Crippen LogP contribution >= 0.6 is 0 Å². The number of aromatic nitrogens is 2. The highest BCUT2D eigenvalue weighted by Gasteiger charge is 2.22. The number of benzene rings is 2. The fourth-order valence-corrected chi connectivity index (χ4v) is 3.73. The van der Waals surface area contributed by atoms with Crippen LogP contribution in [0.4, 0.5) is 0 Å². The zero-order valence-corrected chi connectivity index (χ0v) is 18.2. The first-order chi connectivity index (χ1) is 15.6. The molecule has 2 heterocycles. The molecule has 166 valence electrons. The van der Waals surface area contributed by atoms with Crippen molar-refractivity contribution in [2.75, 3.05) is 32.7 Å². The van der Waals surface area contributed by atoms with E-state index >= 15 is 0 Å². The molecule has 8 nitrogen and oxygen atoms in total. The van der Waals surface area contributed by atoms with Gasteiger partial charge in [0.2, 0.25) is 17.6 Å². The second-order valence-electron chi connectivity index (χ2n) is 7.86. The third-order valence-corrected chi connectivity index (χ3v) is 5.60. The van der Waals surface area contributed by atoms with Crippen molar-refractivity contribution in [2.45, 2.75) is 19.9 Å². The molecule has 0 saturated carbocycles. The maximum Gasteiger partial charge on any atom is 0.251 e. The number of nitrogens with zero attached hydrogens (tertiary/aromatic N) is 4. The molecule has 1 saturated heterocycles. The van der Waals surface area contributed by atoms with Crippen LogP contribution in [0, 0.1) is 6.92 Å². The molecule has 2 amide bonds. The molecular formula is C24H27N5O3. The Hall–Kier alpha value is -3.52. The highest BCUT2D eigenvalue weighted by atomic mass is 16.5. The van der Waals surface area contributed by atoms with E-state index in [1.165, 1.54) is 0 Å². The van der Waals surface area contributed by atoms with Gasteiger partial charge in [0, 0.05) is 50.3 Å². The van der Waals surface area contributed by atoms with E-state index in [0.717, 1.165) is 24.2 Å². The normalized spacial score (nSPS) is 14.3. The number of aryl methyl sites for hydroxylation is 1. The Morgan fingerprint density at radius 3 is 2.47 bits per heavy atom. The van der Waals surface area contributed by atoms with E-state index in [9.17, 15) is 9.59 Å². The van der Waals surface area contributed by atoms with E-state index in [1.54, 1.807) is 12.1 Å². The van der Waals surface area contributed by atoms with Gasteiger partial charge in [-0.05, 0) is 24.6 Å². The molecule has 1 N–H and O–H groups in total. The van der Waals surface area contributed by atoms with Gasteiger partial charge in [-0.1, -0.05) is 47.6 Å². The lowest BCUT2D eigenvalue weighted by Crippen LogP contribution is -2.48. The van der Waals surface area contributed by atoms with Gasteiger partial charge in [0.1, 0.15) is 0 Å². The standard InChI is InChI=1S/C24H27N5O3/c1-18-7-5-6-10-20(18)23-26-21(32-27-23)17-28-13-15-29(16-14-28)22(30)11-12-25-24(31)19-8-3-2-4-9-19/h2-10H,11-17H2,1H3,(H,25,31). The monoisotopic (exact) mass is 433 g/mol. The van der Waals surface area contributed by atoms with Crippen molar-refractivity contribution in [2.24, 2.45) is 0 Å². The lowest BCUT2D eigenvalue weighted by Gasteiger charge is -2.34. The second-order valence-corrected chi connectivity index (χ2v) is 7.86. The Morgan fingerprint density at radius 2 is 1.72 bits per heavy atom. The van der Waals surface area contributed by atoms with Gasteiger partial charge in [0.05, 0.1) is 6.54 Å². The lowest BCUT2D eigenvalue weighted by atomic mass is 10.1. The average molecular weight is 434 g/mol. The molecule has 0 bridgehead atoms. The van der Waals surface area contributed by atoms with Crippen LogP contribution in [0.15, 0.2) is 59.1 Å². The third kappa shape index (κ3) is 5.39. The topological polar surface area (TPSA) is 91.6 Å². The summed E-state index contributed by atoms with van der Waals surface area (Å²) in [4.78, 5) is 33.1. The van der Waals surface area contributed by atoms with Crippen LogP contribution < -0.4 is 5.32 Å². The van der Waals surface area contributed by atoms with Crippen LogP contribution in [0.25, 0.3) is 11.4 Å². The van der Waals surface area contributed by atoms with Crippen molar-refractivity contribution >= 4 is 11.8 Å².